The van der Waals surface area contributed by atoms with Crippen molar-refractivity contribution in [2.75, 3.05) is 0 Å². The first-order valence-electron chi connectivity index (χ1n) is 3.05. The van der Waals surface area contributed by atoms with Gasteiger partial charge in [-0.15, -0.1) is 0 Å². The van der Waals surface area contributed by atoms with Gasteiger partial charge in [-0.2, -0.15) is 4.39 Å². The monoisotopic (exact) mass is 324 g/mol. The van der Waals surface area contributed by atoms with E-state index in [2.05, 4.69) is 0 Å². The van der Waals surface area contributed by atoms with Crippen molar-refractivity contribution in [2.24, 2.45) is 0 Å². The van der Waals surface area contributed by atoms with Gasteiger partial charge in [-0.05, 0) is 16.8 Å². The minimum atomic E-state index is -2.59. The molecular weight excluding hydrogens is 320 g/mol. The van der Waals surface area contributed by atoms with Crippen molar-refractivity contribution in [1.29, 1.82) is 0 Å². The summed E-state index contributed by atoms with van der Waals surface area (Å²) in [5.74, 6) is -1.06. The van der Waals surface area contributed by atoms with E-state index in [1.54, 1.807) is 0 Å². The van der Waals surface area contributed by atoms with Gasteiger partial charge in [-0.1, -0.05) is 11.0 Å². The summed E-state index contributed by atoms with van der Waals surface area (Å²) >= 11 is 0. The van der Waals surface area contributed by atoms with Gasteiger partial charge in [0.15, 0.2) is 5.82 Å². The van der Waals surface area contributed by atoms with Crippen molar-refractivity contribution in [3.05, 3.63) is 34.1 Å². The Kier molecular flexibility index (Phi) is 4.98. The third kappa shape index (κ3) is 2.91. The maximum absolute atomic E-state index is 12.6. The number of benzene rings is 1. The largest absolute Gasteiger partial charge is 1.00 e. The third-order valence-electron chi connectivity index (χ3n) is 1.31. The van der Waals surface area contributed by atoms with Gasteiger partial charge in [0.05, 0.1) is 4.92 Å². The molecule has 0 N–H and O–H groups in total. The van der Waals surface area contributed by atoms with Crippen molar-refractivity contribution in [3.8, 4) is 0 Å². The number of nitro groups is 1. The number of hydrogen-bond acceptors (Lipinski definition) is 5. The van der Waals surface area contributed by atoms with Crippen LogP contribution < -0.4 is 0 Å². The third-order valence-corrected chi connectivity index (χ3v) is 1.95. The molecule has 0 saturated heterocycles. The van der Waals surface area contributed by atoms with Crippen molar-refractivity contribution < 1.29 is 17.7 Å². The van der Waals surface area contributed by atoms with Gasteiger partial charge in [0.25, 0.3) is 0 Å². The summed E-state index contributed by atoms with van der Waals surface area (Å²) in [5.41, 5.74) is -0.846. The molecule has 0 aliphatic rings. The van der Waals surface area contributed by atoms with Crippen LogP contribution in [0.5, 0.6) is 0 Å². The second kappa shape index (κ2) is 5.25. The van der Waals surface area contributed by atoms with Crippen LogP contribution >= 0.6 is 0 Å². The Balaban J connectivity index is 0.00000169. The first-order valence-corrected chi connectivity index (χ1v) is 4.13. The zero-order valence-corrected chi connectivity index (χ0v) is 10.3. The van der Waals surface area contributed by atoms with Crippen LogP contribution in [0.3, 0.4) is 0 Å². The molecule has 1 aromatic carbocycles. The Morgan fingerprint density at radius 1 is 1.36 bits per heavy atom. The first-order chi connectivity index (χ1) is 6.02. The Labute approximate surface area is 97.0 Å². The van der Waals surface area contributed by atoms with Crippen molar-refractivity contribution in [3.63, 3.8) is 0 Å². The summed E-state index contributed by atoms with van der Waals surface area (Å²) in [4.78, 5) is 8.87. The fourth-order valence-corrected chi connectivity index (χ4v) is 1.12. The normalized spacial score (nSPS) is 9.57. The zero-order chi connectivity index (χ0) is 10.0. The smallest absolute Gasteiger partial charge is 0.420 e. The molecule has 1 aromatic rings. The Morgan fingerprint density at radius 2 is 1.93 bits per heavy atom. The number of nitrogens with zero attached hydrogens (tertiary/aromatic N) is 1. The fourth-order valence-electron chi connectivity index (χ4n) is 0.736. The number of halogens is 1. The minimum Gasteiger partial charge on any atom is -0.420 e. The Bertz CT molecular complexity index is 426. The molecule has 8 heteroatoms. The predicted molar refractivity (Wildman–Crippen MR) is 45.8 cm³/mol. The van der Waals surface area contributed by atoms with E-state index >= 15 is 0 Å². The van der Waals surface area contributed by atoms with Gasteiger partial charge in [-0.3, -0.25) is 10.1 Å². The standard InChI is InChI=1S/C6H3FNO4S.Sn/c7-5-2-1-4(13(11)12)3-6(5)8(9)10;/h1-3H;/q-1;+1. The summed E-state index contributed by atoms with van der Waals surface area (Å²) in [6.45, 7) is 0. The van der Waals surface area contributed by atoms with E-state index in [0.717, 1.165) is 12.1 Å². The molecule has 0 aliphatic heterocycles. The van der Waals surface area contributed by atoms with Crippen LogP contribution in [0.1, 0.15) is 0 Å². The van der Waals surface area contributed by atoms with E-state index in [1.807, 2.05) is 0 Å². The summed E-state index contributed by atoms with van der Waals surface area (Å²) in [5, 5.41) is 10.2. The molecule has 0 spiro atoms. The Morgan fingerprint density at radius 3 is 2.36 bits per heavy atom. The maximum Gasteiger partial charge on any atom is 1.00 e. The topological polar surface area (TPSA) is 77.3 Å². The molecule has 0 unspecified atom stereocenters. The molecule has 0 fully saturated rings. The van der Waals surface area contributed by atoms with Gasteiger partial charge >= 0.3 is 29.6 Å². The predicted octanol–water partition coefficient (Wildman–Crippen LogP) is 1.02. The van der Waals surface area contributed by atoms with Crippen LogP contribution in [-0.2, 0) is 19.1 Å². The van der Waals surface area contributed by atoms with E-state index in [0.29, 0.717) is 6.07 Å². The molecule has 0 bridgehead atoms. The summed E-state index contributed by atoms with van der Waals surface area (Å²) in [7, 11) is -2.59. The van der Waals surface area contributed by atoms with Crippen LogP contribution in [0.2, 0.25) is 0 Å². The molecule has 0 amide bonds. The molecule has 0 aromatic heterocycles. The van der Waals surface area contributed by atoms with Crippen LogP contribution in [0.25, 0.3) is 0 Å². The number of rotatable bonds is 2. The van der Waals surface area contributed by atoms with Crippen LogP contribution in [0.4, 0.5) is 10.1 Å². The molecule has 0 heterocycles. The van der Waals surface area contributed by atoms with E-state index < -0.39 is 27.1 Å². The molecular formula is C6H3FNO4SSn. The summed E-state index contributed by atoms with van der Waals surface area (Å²) in [6.07, 6.45) is 0. The maximum atomic E-state index is 12.6. The van der Waals surface area contributed by atoms with Crippen LogP contribution in [0.15, 0.2) is 23.1 Å². The van der Waals surface area contributed by atoms with Crippen LogP contribution in [0, 0.1) is 15.9 Å². The molecule has 5 nitrogen and oxygen atoms in total. The summed E-state index contributed by atoms with van der Waals surface area (Å²) < 4.78 is 33.3. The van der Waals surface area contributed by atoms with E-state index in [1.165, 1.54) is 0 Å². The van der Waals surface area contributed by atoms with Gasteiger partial charge in [0.1, 0.15) is 0 Å². The first kappa shape index (κ1) is 13.3. The van der Waals surface area contributed by atoms with E-state index in [-0.39, 0.29) is 28.8 Å². The van der Waals surface area contributed by atoms with Crippen molar-refractivity contribution in [2.45, 2.75) is 4.90 Å². The molecule has 3 radical (unpaired) electrons. The summed E-state index contributed by atoms with van der Waals surface area (Å²) in [6, 6.07) is 2.35. The van der Waals surface area contributed by atoms with E-state index in [4.69, 9.17) is 0 Å². The second-order valence-electron chi connectivity index (χ2n) is 2.11. The van der Waals surface area contributed by atoms with Gasteiger partial charge in [0.2, 0.25) is 0 Å². The van der Waals surface area contributed by atoms with Crippen molar-refractivity contribution in [1.82, 2.24) is 0 Å². The number of nitro benzene ring substituents is 1. The average molecular weight is 323 g/mol. The van der Waals surface area contributed by atoms with Gasteiger partial charge < -0.3 is 8.42 Å². The van der Waals surface area contributed by atoms with Gasteiger partial charge in [0, 0.05) is 6.07 Å². The molecule has 14 heavy (non-hydrogen) atoms. The quantitative estimate of drug-likeness (QED) is 0.352. The molecule has 0 saturated carbocycles. The molecule has 0 atom stereocenters. The Hall–Kier alpha value is -0.701. The van der Waals surface area contributed by atoms with Crippen molar-refractivity contribution >= 4 is 40.3 Å². The molecule has 1 rings (SSSR count). The number of hydrogen-bond donors (Lipinski definition) is 0. The second-order valence-corrected chi connectivity index (χ2v) is 3.05. The van der Waals surface area contributed by atoms with Gasteiger partial charge in [-0.25, -0.2) is 0 Å². The molecule has 73 valence electrons. The average Bonchev–Trinajstić information content (AvgIpc) is 2.04. The zero-order valence-electron chi connectivity index (χ0n) is 6.60. The minimum absolute atomic E-state index is 0. The SMILES string of the molecule is O=[N+]([O-])c1cc([S-](=O)=O)ccc1F.[Sn+]. The van der Waals surface area contributed by atoms with Crippen LogP contribution in [-0.4, -0.2) is 28.8 Å². The molecule has 0 aliphatic carbocycles. The fraction of sp³-hybridized carbons (Fsp3) is 0. The van der Waals surface area contributed by atoms with E-state index in [9.17, 15) is 22.9 Å².